The van der Waals surface area contributed by atoms with Crippen molar-refractivity contribution in [3.8, 4) is 22.5 Å². The van der Waals surface area contributed by atoms with Crippen molar-refractivity contribution < 1.29 is 9.50 Å². The number of aromatic nitrogens is 4. The van der Waals surface area contributed by atoms with Crippen molar-refractivity contribution in [1.29, 1.82) is 0 Å². The first-order valence-corrected chi connectivity index (χ1v) is 10.6. The predicted octanol–water partition coefficient (Wildman–Crippen LogP) is 4.56. The first-order valence-electron chi connectivity index (χ1n) is 10.6. The van der Waals surface area contributed by atoms with E-state index < -0.39 is 11.4 Å². The summed E-state index contributed by atoms with van der Waals surface area (Å²) in [5, 5.41) is 14.6. The van der Waals surface area contributed by atoms with Crippen LogP contribution in [0.25, 0.3) is 28.0 Å². The number of aryl methyl sites for hydroxylation is 2. The molecule has 0 radical (unpaired) electrons. The van der Waals surface area contributed by atoms with Crippen LogP contribution in [0.2, 0.25) is 0 Å². The molecule has 1 N–H and O–H groups in total. The number of hydrogen-bond donors (Lipinski definition) is 1. The topological polar surface area (TPSA) is 72.4 Å². The minimum Gasteiger partial charge on any atom is -0.382 e. The van der Waals surface area contributed by atoms with Gasteiger partial charge in [0.25, 0.3) is 5.56 Å². The SMILES string of the molecule is Cc1ccccc1-c1cc(C(C)C)c2cc(-c3nc(C(C)(C)O)n(C)n3)c(F)cn2c1=O. The van der Waals surface area contributed by atoms with Crippen LogP contribution in [-0.2, 0) is 12.6 Å². The molecule has 0 saturated heterocycles. The Morgan fingerprint density at radius 1 is 1.09 bits per heavy atom. The molecule has 32 heavy (non-hydrogen) atoms. The summed E-state index contributed by atoms with van der Waals surface area (Å²) >= 11 is 0. The van der Waals surface area contributed by atoms with Gasteiger partial charge in [0.1, 0.15) is 5.60 Å². The molecule has 4 aromatic rings. The summed E-state index contributed by atoms with van der Waals surface area (Å²) in [6.07, 6.45) is 1.21. The quantitative estimate of drug-likeness (QED) is 0.511. The maximum atomic E-state index is 15.3. The molecule has 0 saturated carbocycles. The van der Waals surface area contributed by atoms with Gasteiger partial charge in [-0.3, -0.25) is 9.20 Å². The Balaban J connectivity index is 2.01. The lowest BCUT2D eigenvalue weighted by Crippen LogP contribution is -2.21. The van der Waals surface area contributed by atoms with Gasteiger partial charge in [-0.05, 0) is 55.5 Å². The third-order valence-electron chi connectivity index (χ3n) is 5.69. The van der Waals surface area contributed by atoms with E-state index in [1.165, 1.54) is 15.3 Å². The van der Waals surface area contributed by atoms with E-state index in [9.17, 15) is 9.90 Å². The lowest BCUT2D eigenvalue weighted by atomic mass is 9.95. The predicted molar refractivity (Wildman–Crippen MR) is 123 cm³/mol. The smallest absolute Gasteiger partial charge is 0.263 e. The molecular formula is C25H27FN4O2. The zero-order chi connectivity index (χ0) is 23.4. The van der Waals surface area contributed by atoms with Crippen molar-refractivity contribution in [3.05, 3.63) is 75.7 Å². The molecule has 0 atom stereocenters. The standard InChI is InChI=1S/C25H27FN4O2/c1-14(2)17-11-18(16-10-8-7-9-15(16)3)23(31)30-13-20(26)19(12-21(17)30)22-27-24(25(4,5)32)29(6)28-22/h7-14,32H,1-6H3. The van der Waals surface area contributed by atoms with Gasteiger partial charge < -0.3 is 5.11 Å². The molecule has 166 valence electrons. The lowest BCUT2D eigenvalue weighted by Gasteiger charge is -2.16. The molecule has 3 aromatic heterocycles. The van der Waals surface area contributed by atoms with Crippen molar-refractivity contribution in [2.45, 2.75) is 46.1 Å². The van der Waals surface area contributed by atoms with Gasteiger partial charge in [-0.15, -0.1) is 0 Å². The molecular weight excluding hydrogens is 407 g/mol. The summed E-state index contributed by atoms with van der Waals surface area (Å²) in [5.74, 6) is -0.0302. The number of aliphatic hydroxyl groups is 1. The lowest BCUT2D eigenvalue weighted by molar-refractivity contribution is 0.0648. The van der Waals surface area contributed by atoms with Crippen LogP contribution in [0.4, 0.5) is 4.39 Å². The van der Waals surface area contributed by atoms with Crippen LogP contribution in [0.1, 0.15) is 50.6 Å². The van der Waals surface area contributed by atoms with Crippen molar-refractivity contribution >= 4 is 5.52 Å². The highest BCUT2D eigenvalue weighted by atomic mass is 19.1. The number of halogens is 1. The molecule has 0 aliphatic heterocycles. The average molecular weight is 435 g/mol. The summed E-state index contributed by atoms with van der Waals surface area (Å²) in [5.41, 5.74) is 2.55. The fourth-order valence-electron chi connectivity index (χ4n) is 4.07. The second-order valence-corrected chi connectivity index (χ2v) is 9.02. The van der Waals surface area contributed by atoms with Crippen LogP contribution in [-0.4, -0.2) is 24.3 Å². The van der Waals surface area contributed by atoms with Gasteiger partial charge in [0.2, 0.25) is 0 Å². The highest BCUT2D eigenvalue weighted by Gasteiger charge is 2.26. The van der Waals surface area contributed by atoms with Gasteiger partial charge in [-0.25, -0.2) is 14.1 Å². The van der Waals surface area contributed by atoms with Crippen LogP contribution in [0.15, 0.2) is 47.4 Å². The van der Waals surface area contributed by atoms with E-state index in [1.54, 1.807) is 27.0 Å². The summed E-state index contributed by atoms with van der Waals surface area (Å²) in [7, 11) is 1.65. The molecule has 0 fully saturated rings. The Labute approximate surface area is 186 Å². The van der Waals surface area contributed by atoms with Gasteiger partial charge in [0.05, 0.1) is 11.1 Å². The minimum absolute atomic E-state index is 0.0929. The molecule has 3 heterocycles. The monoisotopic (exact) mass is 434 g/mol. The largest absolute Gasteiger partial charge is 0.382 e. The van der Waals surface area contributed by atoms with Gasteiger partial charge in [-0.1, -0.05) is 38.1 Å². The summed E-state index contributed by atoms with van der Waals surface area (Å²) in [6.45, 7) is 9.23. The maximum absolute atomic E-state index is 15.3. The van der Waals surface area contributed by atoms with Crippen molar-refractivity contribution in [2.24, 2.45) is 7.05 Å². The second kappa shape index (κ2) is 7.67. The van der Waals surface area contributed by atoms with E-state index in [0.717, 1.165) is 16.7 Å². The highest BCUT2D eigenvalue weighted by Crippen LogP contribution is 2.30. The molecule has 0 aliphatic carbocycles. The van der Waals surface area contributed by atoms with Crippen LogP contribution >= 0.6 is 0 Å². The minimum atomic E-state index is -1.23. The van der Waals surface area contributed by atoms with Crippen molar-refractivity contribution in [2.75, 3.05) is 0 Å². The van der Waals surface area contributed by atoms with Crippen molar-refractivity contribution in [3.63, 3.8) is 0 Å². The molecule has 4 rings (SSSR count). The Morgan fingerprint density at radius 2 is 1.78 bits per heavy atom. The fourth-order valence-corrected chi connectivity index (χ4v) is 4.07. The van der Waals surface area contributed by atoms with E-state index in [1.807, 2.05) is 51.1 Å². The Kier molecular flexibility index (Phi) is 5.25. The second-order valence-electron chi connectivity index (χ2n) is 9.02. The third kappa shape index (κ3) is 3.62. The Hall–Kier alpha value is -3.32. The average Bonchev–Trinajstić information content (AvgIpc) is 3.10. The molecule has 0 amide bonds. The van der Waals surface area contributed by atoms with E-state index in [0.29, 0.717) is 16.9 Å². The van der Waals surface area contributed by atoms with Crippen LogP contribution in [0, 0.1) is 12.7 Å². The van der Waals surface area contributed by atoms with E-state index in [2.05, 4.69) is 10.1 Å². The Morgan fingerprint density at radius 3 is 2.38 bits per heavy atom. The summed E-state index contributed by atoms with van der Waals surface area (Å²) in [6, 6.07) is 11.2. The number of nitrogens with zero attached hydrogens (tertiary/aromatic N) is 4. The number of rotatable bonds is 4. The molecule has 7 heteroatoms. The number of hydrogen-bond acceptors (Lipinski definition) is 4. The van der Waals surface area contributed by atoms with Gasteiger partial charge in [-0.2, -0.15) is 5.10 Å². The normalized spacial score (nSPS) is 12.2. The van der Waals surface area contributed by atoms with Crippen LogP contribution in [0.5, 0.6) is 0 Å². The molecule has 0 spiro atoms. The van der Waals surface area contributed by atoms with E-state index in [4.69, 9.17) is 0 Å². The fraction of sp³-hybridized carbons (Fsp3) is 0.320. The number of benzene rings is 1. The maximum Gasteiger partial charge on any atom is 0.263 e. The van der Waals surface area contributed by atoms with Gasteiger partial charge in [0.15, 0.2) is 17.5 Å². The summed E-state index contributed by atoms with van der Waals surface area (Å²) in [4.78, 5) is 17.7. The van der Waals surface area contributed by atoms with E-state index in [-0.39, 0.29) is 22.9 Å². The zero-order valence-corrected chi connectivity index (χ0v) is 19.1. The first-order chi connectivity index (χ1) is 15.0. The molecule has 1 aromatic carbocycles. The molecule has 0 bridgehead atoms. The van der Waals surface area contributed by atoms with E-state index >= 15 is 4.39 Å². The van der Waals surface area contributed by atoms with Crippen LogP contribution < -0.4 is 5.56 Å². The van der Waals surface area contributed by atoms with Gasteiger partial charge >= 0.3 is 0 Å². The van der Waals surface area contributed by atoms with Gasteiger partial charge in [0, 0.05) is 18.8 Å². The van der Waals surface area contributed by atoms with Crippen molar-refractivity contribution in [1.82, 2.24) is 19.2 Å². The number of pyridine rings is 2. The molecule has 0 aliphatic rings. The molecule has 6 nitrogen and oxygen atoms in total. The first kappa shape index (κ1) is 21.9. The summed E-state index contributed by atoms with van der Waals surface area (Å²) < 4.78 is 18.1. The highest BCUT2D eigenvalue weighted by molar-refractivity contribution is 5.74. The zero-order valence-electron chi connectivity index (χ0n) is 19.1. The molecule has 0 unspecified atom stereocenters. The Bertz CT molecular complexity index is 1390. The van der Waals surface area contributed by atoms with Crippen LogP contribution in [0.3, 0.4) is 0 Å². The number of fused-ring (bicyclic) bond motifs is 1. The third-order valence-corrected chi connectivity index (χ3v) is 5.69.